The van der Waals surface area contributed by atoms with E-state index in [1.807, 2.05) is 12.3 Å². The average Bonchev–Trinajstić information content (AvgIpc) is 2.91. The highest BCUT2D eigenvalue weighted by atomic mass is 32.1. The number of carbonyl (C=O) groups is 1. The monoisotopic (exact) mass is 333 g/mol. The molecule has 23 heavy (non-hydrogen) atoms. The second-order valence-corrected chi connectivity index (χ2v) is 6.77. The van der Waals surface area contributed by atoms with E-state index >= 15 is 0 Å². The van der Waals surface area contributed by atoms with Crippen LogP contribution in [0.2, 0.25) is 0 Å². The number of carbonyl (C=O) groups excluding carboxylic acids is 1. The van der Waals surface area contributed by atoms with E-state index in [9.17, 15) is 4.79 Å². The van der Waals surface area contributed by atoms with Gasteiger partial charge in [0, 0.05) is 43.0 Å². The molecule has 1 fully saturated rings. The van der Waals surface area contributed by atoms with Crippen LogP contribution in [0.4, 0.5) is 0 Å². The quantitative estimate of drug-likeness (QED) is 0.771. The van der Waals surface area contributed by atoms with Gasteiger partial charge >= 0.3 is 0 Å². The van der Waals surface area contributed by atoms with Gasteiger partial charge in [-0.3, -0.25) is 9.69 Å². The molecule has 0 bridgehead atoms. The third kappa shape index (κ3) is 4.27. The van der Waals surface area contributed by atoms with Gasteiger partial charge in [0.25, 0.3) is 0 Å². The summed E-state index contributed by atoms with van der Waals surface area (Å²) >= 11 is 1.61. The highest BCUT2D eigenvalue weighted by Crippen LogP contribution is 2.23. The molecular weight excluding hydrogens is 314 g/mol. The number of aromatic nitrogens is 2. The third-order valence-electron chi connectivity index (χ3n) is 3.52. The first-order chi connectivity index (χ1) is 11.1. The number of rotatable bonds is 7. The van der Waals surface area contributed by atoms with Crippen molar-refractivity contribution in [2.75, 3.05) is 20.2 Å². The minimum Gasteiger partial charge on any atom is -0.487 e. The molecule has 0 saturated carbocycles. The van der Waals surface area contributed by atoms with E-state index in [1.165, 1.54) is 4.88 Å². The van der Waals surface area contributed by atoms with Gasteiger partial charge < -0.3 is 9.47 Å². The number of ketones is 1. The molecule has 0 radical (unpaired) electrons. The van der Waals surface area contributed by atoms with Gasteiger partial charge in [-0.15, -0.1) is 11.3 Å². The third-order valence-corrected chi connectivity index (χ3v) is 4.50. The van der Waals surface area contributed by atoms with Crippen molar-refractivity contribution >= 4 is 17.1 Å². The van der Waals surface area contributed by atoms with Crippen molar-refractivity contribution in [3.05, 3.63) is 34.4 Å². The van der Waals surface area contributed by atoms with Crippen LogP contribution in [0.3, 0.4) is 0 Å². The fourth-order valence-electron chi connectivity index (χ4n) is 2.43. The smallest absolute Gasteiger partial charge is 0.216 e. The zero-order chi connectivity index (χ0) is 16.2. The molecule has 0 atom stereocenters. The Balaban J connectivity index is 1.45. The average molecular weight is 333 g/mol. The molecule has 122 valence electrons. The molecule has 0 amide bonds. The Bertz CT molecular complexity index is 683. The summed E-state index contributed by atoms with van der Waals surface area (Å²) < 4.78 is 11.0. The summed E-state index contributed by atoms with van der Waals surface area (Å²) in [5, 5.41) is 0.893. The van der Waals surface area contributed by atoms with Gasteiger partial charge in [0.2, 0.25) is 5.88 Å². The van der Waals surface area contributed by atoms with Crippen LogP contribution >= 0.6 is 11.3 Å². The van der Waals surface area contributed by atoms with Crippen LogP contribution in [0.15, 0.2) is 24.5 Å². The highest BCUT2D eigenvalue weighted by molar-refractivity contribution is 7.11. The van der Waals surface area contributed by atoms with Crippen molar-refractivity contribution in [1.29, 1.82) is 0 Å². The molecule has 0 N–H and O–H groups in total. The number of ether oxygens (including phenoxy) is 2. The zero-order valence-corrected chi connectivity index (χ0v) is 14.0. The Hall–Kier alpha value is -1.99. The number of methoxy groups -OCH3 is 1. The maximum atomic E-state index is 11.1. The maximum absolute atomic E-state index is 11.1. The molecule has 1 aliphatic rings. The fourth-order valence-corrected chi connectivity index (χ4v) is 3.47. The van der Waals surface area contributed by atoms with Crippen molar-refractivity contribution in [1.82, 2.24) is 14.9 Å². The zero-order valence-electron chi connectivity index (χ0n) is 13.2. The van der Waals surface area contributed by atoms with Crippen LogP contribution in [-0.4, -0.2) is 47.0 Å². The molecule has 0 aliphatic carbocycles. The first-order valence-corrected chi connectivity index (χ1v) is 8.26. The molecule has 2 aromatic heterocycles. The number of nitrogens with zero attached hydrogens (tertiary/aromatic N) is 3. The topological polar surface area (TPSA) is 64.6 Å². The van der Waals surface area contributed by atoms with Crippen LogP contribution < -0.4 is 9.47 Å². The van der Waals surface area contributed by atoms with Gasteiger partial charge in [0.05, 0.1) is 13.5 Å². The number of pyridine rings is 1. The summed E-state index contributed by atoms with van der Waals surface area (Å²) in [4.78, 5) is 22.9. The van der Waals surface area contributed by atoms with Crippen LogP contribution in [0, 0.1) is 0 Å². The molecule has 3 rings (SSSR count). The lowest BCUT2D eigenvalue weighted by molar-refractivity contribution is -0.116. The molecule has 0 aromatic carbocycles. The molecule has 6 nitrogen and oxygen atoms in total. The lowest BCUT2D eigenvalue weighted by Crippen LogP contribution is -2.52. The van der Waals surface area contributed by atoms with Crippen molar-refractivity contribution in [2.24, 2.45) is 0 Å². The van der Waals surface area contributed by atoms with Crippen molar-refractivity contribution in [3.63, 3.8) is 0 Å². The van der Waals surface area contributed by atoms with Crippen LogP contribution in [-0.2, 0) is 17.8 Å². The Morgan fingerprint density at radius 2 is 2.26 bits per heavy atom. The second kappa shape index (κ2) is 7.06. The summed E-state index contributed by atoms with van der Waals surface area (Å²) in [5.74, 6) is 1.49. The number of Topliss-reactive ketones (excluding diaryl/α,β-unsaturated/α-hetero) is 1. The Kier molecular flexibility index (Phi) is 4.88. The lowest BCUT2D eigenvalue weighted by atomic mass is 10.1. The largest absolute Gasteiger partial charge is 0.487 e. The standard InChI is InChI=1S/C16H19N3O3S/c1-11(20)5-16-18-7-14(23-16)10-19-8-13(9-19)22-12-3-4-17-15(6-12)21-2/h3-4,6-7,13H,5,8-10H2,1-2H3. The van der Waals surface area contributed by atoms with Crippen LogP contribution in [0.1, 0.15) is 16.8 Å². The molecule has 2 aromatic rings. The minimum atomic E-state index is 0.149. The number of hydrogen-bond donors (Lipinski definition) is 0. The Morgan fingerprint density at radius 3 is 3.00 bits per heavy atom. The molecule has 1 saturated heterocycles. The molecule has 7 heteroatoms. The number of hydrogen-bond acceptors (Lipinski definition) is 7. The number of thiazole rings is 1. The van der Waals surface area contributed by atoms with Crippen molar-refractivity contribution in [3.8, 4) is 11.6 Å². The second-order valence-electron chi connectivity index (χ2n) is 5.57. The van der Waals surface area contributed by atoms with Crippen molar-refractivity contribution < 1.29 is 14.3 Å². The molecule has 3 heterocycles. The Labute approximate surface area is 139 Å². The summed E-state index contributed by atoms with van der Waals surface area (Å²) in [6.07, 6.45) is 4.16. The summed E-state index contributed by atoms with van der Waals surface area (Å²) in [6, 6.07) is 3.63. The van der Waals surface area contributed by atoms with Crippen LogP contribution in [0.5, 0.6) is 11.6 Å². The van der Waals surface area contributed by atoms with E-state index in [0.717, 1.165) is 30.4 Å². The Morgan fingerprint density at radius 1 is 1.43 bits per heavy atom. The summed E-state index contributed by atoms with van der Waals surface area (Å²) in [6.45, 7) is 4.21. The van der Waals surface area contributed by atoms with E-state index < -0.39 is 0 Å². The van der Waals surface area contributed by atoms with E-state index in [1.54, 1.807) is 37.6 Å². The number of likely N-dealkylation sites (tertiary alicyclic amines) is 1. The fraction of sp³-hybridized carbons (Fsp3) is 0.438. The summed E-state index contributed by atoms with van der Waals surface area (Å²) in [5.41, 5.74) is 0. The SMILES string of the molecule is COc1cc(OC2CN(Cc3cnc(CC(C)=O)s3)C2)ccn1. The first kappa shape index (κ1) is 15.9. The highest BCUT2D eigenvalue weighted by Gasteiger charge is 2.29. The minimum absolute atomic E-state index is 0.149. The van der Waals surface area contributed by atoms with E-state index in [0.29, 0.717) is 12.3 Å². The van der Waals surface area contributed by atoms with Gasteiger partial charge in [-0.05, 0) is 13.0 Å². The summed E-state index contributed by atoms with van der Waals surface area (Å²) in [7, 11) is 1.59. The molecular formula is C16H19N3O3S. The van der Waals surface area contributed by atoms with Crippen molar-refractivity contribution in [2.45, 2.75) is 26.0 Å². The van der Waals surface area contributed by atoms with Gasteiger partial charge in [0.1, 0.15) is 22.6 Å². The van der Waals surface area contributed by atoms with Crippen LogP contribution in [0.25, 0.3) is 0 Å². The van der Waals surface area contributed by atoms with Gasteiger partial charge in [-0.1, -0.05) is 0 Å². The van der Waals surface area contributed by atoms with E-state index in [4.69, 9.17) is 9.47 Å². The van der Waals surface area contributed by atoms with Gasteiger partial charge in [0.15, 0.2) is 0 Å². The van der Waals surface area contributed by atoms with Gasteiger partial charge in [-0.2, -0.15) is 0 Å². The molecule has 1 aliphatic heterocycles. The predicted molar refractivity (Wildman–Crippen MR) is 87.0 cm³/mol. The van der Waals surface area contributed by atoms with E-state index in [-0.39, 0.29) is 11.9 Å². The van der Waals surface area contributed by atoms with Gasteiger partial charge in [-0.25, -0.2) is 9.97 Å². The van der Waals surface area contributed by atoms with E-state index in [2.05, 4.69) is 14.9 Å². The predicted octanol–water partition coefficient (Wildman–Crippen LogP) is 1.94. The maximum Gasteiger partial charge on any atom is 0.216 e. The first-order valence-electron chi connectivity index (χ1n) is 7.44. The molecule has 0 spiro atoms. The lowest BCUT2D eigenvalue weighted by Gasteiger charge is -2.38. The molecule has 0 unspecified atom stereocenters. The normalized spacial score (nSPS) is 15.2.